The highest BCUT2D eigenvalue weighted by molar-refractivity contribution is 5.27. The quantitative estimate of drug-likeness (QED) is 0.737. The highest BCUT2D eigenvalue weighted by Crippen LogP contribution is 2.39. The summed E-state index contributed by atoms with van der Waals surface area (Å²) in [6.45, 7) is 6.84. The zero-order chi connectivity index (χ0) is 12.3. The Balaban J connectivity index is 1.99. The van der Waals surface area contributed by atoms with Gasteiger partial charge in [-0.2, -0.15) is 0 Å². The molecule has 0 amide bonds. The third kappa shape index (κ3) is 3.02. The lowest BCUT2D eigenvalue weighted by molar-refractivity contribution is 0.103. The molecule has 17 heavy (non-hydrogen) atoms. The molecule has 0 heterocycles. The zero-order valence-electron chi connectivity index (χ0n) is 11.3. The van der Waals surface area contributed by atoms with Gasteiger partial charge >= 0.3 is 0 Å². The van der Waals surface area contributed by atoms with Crippen molar-refractivity contribution in [2.24, 2.45) is 5.41 Å². The van der Waals surface area contributed by atoms with Crippen LogP contribution in [0.1, 0.15) is 52.0 Å². The van der Waals surface area contributed by atoms with Crippen molar-refractivity contribution in [3.8, 4) is 5.75 Å². The Morgan fingerprint density at radius 2 is 1.94 bits per heavy atom. The average Bonchev–Trinajstić information content (AvgIpc) is 2.62. The van der Waals surface area contributed by atoms with Gasteiger partial charge in [0, 0.05) is 5.41 Å². The Hall–Kier alpha value is -0.980. The van der Waals surface area contributed by atoms with Crippen LogP contribution in [0.25, 0.3) is 0 Å². The predicted molar refractivity (Wildman–Crippen MR) is 72.5 cm³/mol. The van der Waals surface area contributed by atoms with Crippen LogP contribution in [0.4, 0.5) is 0 Å². The molecule has 0 bridgehead atoms. The molecule has 1 nitrogen and oxygen atoms in total. The molecule has 1 heteroatoms. The number of ether oxygens (including phenoxy) is 1. The van der Waals surface area contributed by atoms with Crippen LogP contribution < -0.4 is 4.74 Å². The van der Waals surface area contributed by atoms with E-state index in [1.807, 2.05) is 0 Å². The summed E-state index contributed by atoms with van der Waals surface area (Å²) < 4.78 is 6.12. The number of hydrogen-bond donors (Lipinski definition) is 0. The van der Waals surface area contributed by atoms with Gasteiger partial charge in [0.25, 0.3) is 0 Å². The van der Waals surface area contributed by atoms with E-state index in [0.717, 1.165) is 12.2 Å². The lowest BCUT2D eigenvalue weighted by Crippen LogP contribution is -2.28. The first-order chi connectivity index (χ1) is 8.12. The second-order valence-corrected chi connectivity index (χ2v) is 5.88. The molecule has 1 saturated carbocycles. The van der Waals surface area contributed by atoms with Crippen LogP contribution in [0, 0.1) is 5.41 Å². The molecule has 94 valence electrons. The van der Waals surface area contributed by atoms with Crippen LogP contribution in [0.3, 0.4) is 0 Å². The van der Waals surface area contributed by atoms with Gasteiger partial charge in [-0.25, -0.2) is 0 Å². The molecule has 1 atom stereocenters. The molecule has 1 fully saturated rings. The first-order valence-electron chi connectivity index (χ1n) is 6.87. The smallest absolute Gasteiger partial charge is 0.119 e. The summed E-state index contributed by atoms with van der Waals surface area (Å²) in [6, 6.07) is 8.64. The van der Waals surface area contributed by atoms with Crippen molar-refractivity contribution >= 4 is 0 Å². The summed E-state index contributed by atoms with van der Waals surface area (Å²) in [5.74, 6) is 1.03. The summed E-state index contributed by atoms with van der Waals surface area (Å²) in [6.07, 6.45) is 6.53. The first kappa shape index (κ1) is 12.5. The Morgan fingerprint density at radius 3 is 2.47 bits per heavy atom. The SMILES string of the molecule is CCCc1ccc(OC2CCCC2(C)C)cc1. The Morgan fingerprint density at radius 1 is 1.24 bits per heavy atom. The van der Waals surface area contributed by atoms with Gasteiger partial charge < -0.3 is 4.74 Å². The molecule has 1 aromatic carbocycles. The third-order valence-corrected chi connectivity index (χ3v) is 3.90. The van der Waals surface area contributed by atoms with Gasteiger partial charge in [0.1, 0.15) is 11.9 Å². The van der Waals surface area contributed by atoms with E-state index >= 15 is 0 Å². The molecule has 0 aromatic heterocycles. The fourth-order valence-electron chi connectivity index (χ4n) is 2.70. The van der Waals surface area contributed by atoms with E-state index in [2.05, 4.69) is 45.0 Å². The molecule has 0 aliphatic heterocycles. The molecule has 1 aliphatic carbocycles. The minimum atomic E-state index is 0.335. The van der Waals surface area contributed by atoms with Crippen LogP contribution in [-0.4, -0.2) is 6.10 Å². The molecule has 0 radical (unpaired) electrons. The first-order valence-corrected chi connectivity index (χ1v) is 6.87. The minimum absolute atomic E-state index is 0.335. The van der Waals surface area contributed by atoms with Crippen LogP contribution >= 0.6 is 0 Å². The second-order valence-electron chi connectivity index (χ2n) is 5.88. The Kier molecular flexibility index (Phi) is 3.76. The maximum Gasteiger partial charge on any atom is 0.119 e. The van der Waals surface area contributed by atoms with Crippen LogP contribution in [0.2, 0.25) is 0 Å². The highest BCUT2D eigenvalue weighted by Gasteiger charge is 2.36. The topological polar surface area (TPSA) is 9.23 Å². The van der Waals surface area contributed by atoms with Gasteiger partial charge in [-0.3, -0.25) is 0 Å². The number of rotatable bonds is 4. The predicted octanol–water partition coefficient (Wildman–Crippen LogP) is 4.60. The standard InChI is InChI=1S/C16H24O/c1-4-6-13-8-10-14(11-9-13)17-15-7-5-12-16(15,2)3/h8-11,15H,4-7,12H2,1-3H3. The monoisotopic (exact) mass is 232 g/mol. The van der Waals surface area contributed by atoms with Crippen LogP contribution in [0.15, 0.2) is 24.3 Å². The largest absolute Gasteiger partial charge is 0.490 e. The fraction of sp³-hybridized carbons (Fsp3) is 0.625. The van der Waals surface area contributed by atoms with Gasteiger partial charge in [0.05, 0.1) is 0 Å². The summed E-state index contributed by atoms with van der Waals surface area (Å²) >= 11 is 0. The molecular weight excluding hydrogens is 208 g/mol. The van der Waals surface area contributed by atoms with E-state index in [0.29, 0.717) is 11.5 Å². The van der Waals surface area contributed by atoms with Crippen molar-refractivity contribution in [2.75, 3.05) is 0 Å². The van der Waals surface area contributed by atoms with E-state index in [9.17, 15) is 0 Å². The van der Waals surface area contributed by atoms with Crippen LogP contribution in [-0.2, 0) is 6.42 Å². The Labute approximate surface area is 105 Å². The number of benzene rings is 1. The molecule has 0 spiro atoms. The second kappa shape index (κ2) is 5.12. The van der Waals surface area contributed by atoms with Gasteiger partial charge in [-0.15, -0.1) is 0 Å². The van der Waals surface area contributed by atoms with Crippen molar-refractivity contribution in [1.29, 1.82) is 0 Å². The highest BCUT2D eigenvalue weighted by atomic mass is 16.5. The number of hydrogen-bond acceptors (Lipinski definition) is 1. The lowest BCUT2D eigenvalue weighted by atomic mass is 9.89. The average molecular weight is 232 g/mol. The van der Waals surface area contributed by atoms with E-state index < -0.39 is 0 Å². The van der Waals surface area contributed by atoms with Gasteiger partial charge in [0.2, 0.25) is 0 Å². The van der Waals surface area contributed by atoms with E-state index in [1.54, 1.807) is 0 Å². The molecule has 1 unspecified atom stereocenters. The van der Waals surface area contributed by atoms with E-state index in [4.69, 9.17) is 4.74 Å². The summed E-state index contributed by atoms with van der Waals surface area (Å²) in [7, 11) is 0. The van der Waals surface area contributed by atoms with Crippen molar-refractivity contribution in [3.05, 3.63) is 29.8 Å². The molecule has 2 rings (SSSR count). The van der Waals surface area contributed by atoms with Crippen LogP contribution in [0.5, 0.6) is 5.75 Å². The van der Waals surface area contributed by atoms with E-state index in [-0.39, 0.29) is 0 Å². The minimum Gasteiger partial charge on any atom is -0.490 e. The molecular formula is C16H24O. The molecule has 0 N–H and O–H groups in total. The van der Waals surface area contributed by atoms with Gasteiger partial charge in [0.15, 0.2) is 0 Å². The van der Waals surface area contributed by atoms with Gasteiger partial charge in [-0.1, -0.05) is 39.3 Å². The molecule has 1 aliphatic rings. The molecule has 0 saturated heterocycles. The van der Waals surface area contributed by atoms with E-state index in [1.165, 1.54) is 31.2 Å². The maximum absolute atomic E-state index is 6.12. The fourth-order valence-corrected chi connectivity index (χ4v) is 2.70. The Bertz CT molecular complexity index is 350. The maximum atomic E-state index is 6.12. The summed E-state index contributed by atoms with van der Waals surface area (Å²) in [5, 5.41) is 0. The summed E-state index contributed by atoms with van der Waals surface area (Å²) in [5.41, 5.74) is 1.74. The van der Waals surface area contributed by atoms with Gasteiger partial charge in [-0.05, 0) is 43.4 Å². The van der Waals surface area contributed by atoms with Crippen molar-refractivity contribution in [1.82, 2.24) is 0 Å². The normalized spacial score (nSPS) is 22.6. The lowest BCUT2D eigenvalue weighted by Gasteiger charge is -2.27. The van der Waals surface area contributed by atoms with Crippen molar-refractivity contribution < 1.29 is 4.74 Å². The van der Waals surface area contributed by atoms with Crippen molar-refractivity contribution in [2.45, 2.75) is 59.0 Å². The molecule has 1 aromatic rings. The van der Waals surface area contributed by atoms with Crippen molar-refractivity contribution in [3.63, 3.8) is 0 Å². The summed E-state index contributed by atoms with van der Waals surface area (Å²) in [4.78, 5) is 0. The zero-order valence-corrected chi connectivity index (χ0v) is 11.3. The third-order valence-electron chi connectivity index (χ3n) is 3.90. The number of aryl methyl sites for hydroxylation is 1.